The van der Waals surface area contributed by atoms with Gasteiger partial charge in [0.1, 0.15) is 19.0 Å². The first-order valence-electron chi connectivity index (χ1n) is 14.6. The number of fused-ring (bicyclic) bond motifs is 2. The number of carbonyl (C=O) groups is 2. The van der Waals surface area contributed by atoms with Crippen molar-refractivity contribution in [3.63, 3.8) is 0 Å². The lowest BCUT2D eigenvalue weighted by Crippen LogP contribution is -2.29. The zero-order chi connectivity index (χ0) is 31.1. The van der Waals surface area contributed by atoms with Crippen LogP contribution in [0.25, 0.3) is 16.0 Å². The summed E-state index contributed by atoms with van der Waals surface area (Å²) in [5.74, 6) is 0.553. The van der Waals surface area contributed by atoms with E-state index in [2.05, 4.69) is 13.8 Å². The molecule has 10 heteroatoms. The number of hydrogen-bond donors (Lipinski definition) is 1. The summed E-state index contributed by atoms with van der Waals surface area (Å²) in [5, 5.41) is 12.0. The van der Waals surface area contributed by atoms with Crippen molar-refractivity contribution in [2.45, 2.75) is 40.2 Å². The van der Waals surface area contributed by atoms with Gasteiger partial charge < -0.3 is 24.1 Å². The molecule has 1 N–H and O–H groups in total. The molecule has 3 heterocycles. The smallest absolute Gasteiger partial charge is 0.301 e. The summed E-state index contributed by atoms with van der Waals surface area (Å²) in [4.78, 5) is 33.8. The van der Waals surface area contributed by atoms with Crippen molar-refractivity contribution in [1.82, 2.24) is 4.98 Å². The molecular weight excluding hydrogens is 580 g/mol. The Balaban J connectivity index is 1.51. The maximum absolute atomic E-state index is 13.8. The minimum atomic E-state index is -0.983. The van der Waals surface area contributed by atoms with Crippen LogP contribution in [0, 0.1) is 19.8 Å². The van der Waals surface area contributed by atoms with Crippen LogP contribution in [0.1, 0.15) is 48.6 Å². The van der Waals surface area contributed by atoms with E-state index in [0.717, 1.165) is 27.8 Å². The molecule has 4 aromatic rings. The molecule has 228 valence electrons. The van der Waals surface area contributed by atoms with E-state index in [1.165, 1.54) is 16.2 Å². The van der Waals surface area contributed by atoms with Crippen molar-refractivity contribution >= 4 is 44.1 Å². The Morgan fingerprint density at radius 3 is 2.57 bits per heavy atom. The number of aliphatic hydroxyl groups is 1. The molecule has 1 amide bonds. The Morgan fingerprint density at radius 1 is 1.05 bits per heavy atom. The van der Waals surface area contributed by atoms with Gasteiger partial charge in [-0.25, -0.2) is 4.98 Å². The Bertz CT molecular complexity index is 1810. The first-order valence-corrected chi connectivity index (χ1v) is 15.4. The van der Waals surface area contributed by atoms with Crippen LogP contribution in [-0.4, -0.2) is 48.7 Å². The lowest BCUT2D eigenvalue weighted by molar-refractivity contribution is -0.132. The molecule has 1 atom stereocenters. The van der Waals surface area contributed by atoms with E-state index in [0.29, 0.717) is 65.0 Å². The Kier molecular flexibility index (Phi) is 7.94. The molecule has 6 rings (SSSR count). The lowest BCUT2D eigenvalue weighted by atomic mass is 9.95. The van der Waals surface area contributed by atoms with Crippen molar-refractivity contribution in [3.05, 3.63) is 76.4 Å². The van der Waals surface area contributed by atoms with Crippen LogP contribution in [0.15, 0.2) is 54.1 Å². The maximum atomic E-state index is 13.8. The number of nitrogens with zero attached hydrogens (tertiary/aromatic N) is 2. The molecule has 3 aromatic carbocycles. The van der Waals surface area contributed by atoms with Crippen LogP contribution in [0.3, 0.4) is 0 Å². The number of Topliss-reactive ketones (excluding diaryl/α,β-unsaturated/α-hetero) is 1. The van der Waals surface area contributed by atoms with E-state index in [1.807, 2.05) is 26.0 Å². The van der Waals surface area contributed by atoms with Crippen LogP contribution < -0.4 is 23.8 Å². The minimum Gasteiger partial charge on any atom is -0.507 e. The fraction of sp³-hybridized carbons (Fsp3) is 0.324. The van der Waals surface area contributed by atoms with Gasteiger partial charge >= 0.3 is 5.91 Å². The molecule has 2 aliphatic heterocycles. The first kappa shape index (κ1) is 29.5. The van der Waals surface area contributed by atoms with E-state index < -0.39 is 17.7 Å². The third-order valence-corrected chi connectivity index (χ3v) is 8.74. The molecule has 0 unspecified atom stereocenters. The van der Waals surface area contributed by atoms with Crippen molar-refractivity contribution in [2.75, 3.05) is 31.8 Å². The van der Waals surface area contributed by atoms with Gasteiger partial charge in [0.2, 0.25) is 0 Å². The van der Waals surface area contributed by atoms with Gasteiger partial charge in [0.25, 0.3) is 5.78 Å². The Labute approximate surface area is 259 Å². The summed E-state index contributed by atoms with van der Waals surface area (Å²) < 4.78 is 23.9. The Morgan fingerprint density at radius 2 is 1.82 bits per heavy atom. The highest BCUT2D eigenvalue weighted by Crippen LogP contribution is 2.47. The summed E-state index contributed by atoms with van der Waals surface area (Å²) in [6, 6.07) is 13.3. The maximum Gasteiger partial charge on any atom is 0.301 e. The van der Waals surface area contributed by atoms with E-state index in [-0.39, 0.29) is 11.3 Å². The summed E-state index contributed by atoms with van der Waals surface area (Å²) >= 11 is 1.33. The molecule has 44 heavy (non-hydrogen) atoms. The number of ether oxygens (including phenoxy) is 4. The third-order valence-electron chi connectivity index (χ3n) is 7.74. The fourth-order valence-electron chi connectivity index (χ4n) is 5.53. The number of carbonyl (C=O) groups excluding carboxylic acids is 2. The molecular formula is C34H34N2O7S. The second-order valence-corrected chi connectivity index (χ2v) is 12.4. The highest BCUT2D eigenvalue weighted by atomic mass is 32.1. The molecule has 0 aliphatic carbocycles. The topological polar surface area (TPSA) is 107 Å². The number of thiazole rings is 1. The number of aliphatic hydroxyl groups excluding tert-OH is 1. The predicted molar refractivity (Wildman–Crippen MR) is 169 cm³/mol. The average molecular weight is 615 g/mol. The first-order chi connectivity index (χ1) is 21.2. The van der Waals surface area contributed by atoms with Gasteiger partial charge in [-0.15, -0.1) is 0 Å². The molecule has 0 spiro atoms. The molecule has 9 nitrogen and oxygen atoms in total. The molecule has 0 radical (unpaired) electrons. The van der Waals surface area contributed by atoms with Gasteiger partial charge in [0.05, 0.1) is 35.5 Å². The molecule has 1 saturated heterocycles. The van der Waals surface area contributed by atoms with Crippen LogP contribution in [0.4, 0.5) is 5.13 Å². The largest absolute Gasteiger partial charge is 0.507 e. The number of amides is 1. The molecule has 1 aromatic heterocycles. The van der Waals surface area contributed by atoms with Crippen LogP contribution in [0.5, 0.6) is 23.0 Å². The quantitative estimate of drug-likeness (QED) is 0.132. The van der Waals surface area contributed by atoms with Gasteiger partial charge in [-0.3, -0.25) is 14.5 Å². The van der Waals surface area contributed by atoms with Crippen LogP contribution in [-0.2, 0) is 9.59 Å². The van der Waals surface area contributed by atoms with Gasteiger partial charge in [-0.05, 0) is 79.3 Å². The van der Waals surface area contributed by atoms with Crippen LogP contribution in [0.2, 0.25) is 0 Å². The third kappa shape index (κ3) is 5.34. The van der Waals surface area contributed by atoms with Crippen molar-refractivity contribution in [2.24, 2.45) is 5.92 Å². The highest BCUT2D eigenvalue weighted by Gasteiger charge is 2.48. The van der Waals surface area contributed by atoms with E-state index in [9.17, 15) is 14.7 Å². The summed E-state index contributed by atoms with van der Waals surface area (Å²) in [7, 11) is 1.54. The summed E-state index contributed by atoms with van der Waals surface area (Å²) in [5.41, 5.74) is 3.62. The molecule has 0 bridgehead atoms. The lowest BCUT2D eigenvalue weighted by Gasteiger charge is -2.24. The SMILES string of the molecule is COc1cc([C@H]2C(=C(O)c3ccc4c(c3)OCCO4)C(=O)C(=O)N2c2nc3c(C)cc(C)cc3s2)ccc1OCCC(C)C. The molecule has 0 saturated carbocycles. The van der Waals surface area contributed by atoms with Gasteiger partial charge in [-0.2, -0.15) is 0 Å². The highest BCUT2D eigenvalue weighted by molar-refractivity contribution is 7.22. The fourth-order valence-corrected chi connectivity index (χ4v) is 6.70. The number of rotatable bonds is 8. The normalized spacial score (nSPS) is 17.5. The van der Waals surface area contributed by atoms with E-state index >= 15 is 0 Å². The zero-order valence-corrected chi connectivity index (χ0v) is 26.1. The number of aromatic nitrogens is 1. The zero-order valence-electron chi connectivity index (χ0n) is 25.3. The number of aryl methyl sites for hydroxylation is 2. The number of anilines is 1. The molecule has 1 fully saturated rings. The number of ketones is 1. The predicted octanol–water partition coefficient (Wildman–Crippen LogP) is 6.74. The second-order valence-electron chi connectivity index (χ2n) is 11.4. The minimum absolute atomic E-state index is 0.0608. The standard InChI is InChI=1S/C34H34N2O7S/c1-18(2)10-11-41-23-8-6-21(16-25(23)40-5)30-28(31(37)22-7-9-24-26(17-22)43-13-12-42-24)32(38)33(39)36(30)34-35-29-20(4)14-19(3)15-27(29)44-34/h6-9,14-18,30,37H,10-13H2,1-5H3/t30-/m0/s1. The second kappa shape index (κ2) is 11.8. The summed E-state index contributed by atoms with van der Waals surface area (Å²) in [6.07, 6.45) is 0.872. The van der Waals surface area contributed by atoms with Crippen LogP contribution >= 0.6 is 11.3 Å². The monoisotopic (exact) mass is 614 g/mol. The average Bonchev–Trinajstić information content (AvgIpc) is 3.54. The Hall–Kier alpha value is -4.57. The number of benzene rings is 3. The van der Waals surface area contributed by atoms with Gasteiger partial charge in [-0.1, -0.05) is 37.3 Å². The van der Waals surface area contributed by atoms with E-state index in [4.69, 9.17) is 23.9 Å². The van der Waals surface area contributed by atoms with Crippen molar-refractivity contribution in [1.29, 1.82) is 0 Å². The van der Waals surface area contributed by atoms with Gasteiger partial charge in [0.15, 0.2) is 28.1 Å². The molecule has 2 aliphatic rings. The van der Waals surface area contributed by atoms with E-state index in [1.54, 1.807) is 43.5 Å². The number of hydrogen-bond acceptors (Lipinski definition) is 9. The van der Waals surface area contributed by atoms with Crippen molar-refractivity contribution < 1.29 is 33.6 Å². The van der Waals surface area contributed by atoms with Gasteiger partial charge in [0, 0.05) is 5.56 Å². The number of methoxy groups -OCH3 is 1. The summed E-state index contributed by atoms with van der Waals surface area (Å²) in [6.45, 7) is 9.52. The van der Waals surface area contributed by atoms with Crippen molar-refractivity contribution in [3.8, 4) is 23.0 Å².